The van der Waals surface area contributed by atoms with Crippen molar-refractivity contribution in [2.24, 2.45) is 5.92 Å². The van der Waals surface area contributed by atoms with Crippen LogP contribution in [0.2, 0.25) is 0 Å². The molecule has 0 bridgehead atoms. The van der Waals surface area contributed by atoms with E-state index in [4.69, 9.17) is 0 Å². The average Bonchev–Trinajstić information content (AvgIpc) is 2.63. The van der Waals surface area contributed by atoms with Gasteiger partial charge in [0, 0.05) is 51.1 Å². The number of halogens is 1. The first kappa shape index (κ1) is 17.6. The van der Waals surface area contributed by atoms with Crippen LogP contribution in [0.1, 0.15) is 25.7 Å². The summed E-state index contributed by atoms with van der Waals surface area (Å²) in [6, 6.07) is 7.41. The number of aliphatic hydroxyl groups is 1. The highest BCUT2D eigenvalue weighted by atomic mass is 19.1. The van der Waals surface area contributed by atoms with E-state index in [2.05, 4.69) is 15.1 Å². The predicted molar refractivity (Wildman–Crippen MR) is 95.9 cm³/mol. The lowest BCUT2D eigenvalue weighted by atomic mass is 9.99. The van der Waals surface area contributed by atoms with Crippen molar-refractivity contribution >= 4 is 5.69 Å². The molecule has 2 aliphatic rings. The van der Waals surface area contributed by atoms with Crippen LogP contribution < -0.4 is 10.2 Å². The molecule has 2 N–H and O–H groups in total. The van der Waals surface area contributed by atoms with E-state index >= 15 is 0 Å². The lowest BCUT2D eigenvalue weighted by Crippen LogP contribution is -2.46. The predicted octanol–water partition coefficient (Wildman–Crippen LogP) is 2.09. The van der Waals surface area contributed by atoms with Gasteiger partial charge in [-0.2, -0.15) is 0 Å². The molecule has 1 aromatic carbocycles. The molecule has 2 saturated heterocycles. The van der Waals surface area contributed by atoms with Crippen molar-refractivity contribution in [2.75, 3.05) is 50.8 Å². The molecule has 4 nitrogen and oxygen atoms in total. The van der Waals surface area contributed by atoms with Gasteiger partial charge < -0.3 is 20.2 Å². The summed E-state index contributed by atoms with van der Waals surface area (Å²) in [4.78, 5) is 4.82. The van der Waals surface area contributed by atoms with Crippen molar-refractivity contribution in [2.45, 2.75) is 31.7 Å². The Morgan fingerprint density at radius 2 is 1.83 bits per heavy atom. The maximum absolute atomic E-state index is 13.0. The number of hydrogen-bond donors (Lipinski definition) is 2. The minimum atomic E-state index is -0.170. The van der Waals surface area contributed by atoms with Crippen molar-refractivity contribution in [3.8, 4) is 0 Å². The van der Waals surface area contributed by atoms with Crippen LogP contribution in [0, 0.1) is 11.7 Å². The quantitative estimate of drug-likeness (QED) is 0.835. The van der Waals surface area contributed by atoms with Crippen LogP contribution in [0.5, 0.6) is 0 Å². The zero-order chi connectivity index (χ0) is 16.8. The molecule has 0 spiro atoms. The molecule has 0 saturated carbocycles. The first-order valence-electron chi connectivity index (χ1n) is 9.31. The third-order valence-electron chi connectivity index (χ3n) is 5.41. The highest BCUT2D eigenvalue weighted by Crippen LogP contribution is 2.20. The molecule has 0 amide bonds. The van der Waals surface area contributed by atoms with Gasteiger partial charge in [-0.05, 0) is 62.4 Å². The Kier molecular flexibility index (Phi) is 6.46. The molecule has 5 heteroatoms. The SMILES string of the molecule is OC[C@@H]1CCCN(CCNC2CCN(c3ccc(F)cc3)CC2)C1. The van der Waals surface area contributed by atoms with E-state index in [1.807, 2.05) is 12.1 Å². The van der Waals surface area contributed by atoms with E-state index < -0.39 is 0 Å². The van der Waals surface area contributed by atoms with Gasteiger partial charge in [-0.3, -0.25) is 0 Å². The summed E-state index contributed by atoms with van der Waals surface area (Å²) in [5, 5.41) is 13.0. The fourth-order valence-corrected chi connectivity index (χ4v) is 3.92. The van der Waals surface area contributed by atoms with Gasteiger partial charge in [-0.1, -0.05) is 0 Å². The average molecular weight is 335 g/mol. The molecule has 2 fully saturated rings. The zero-order valence-corrected chi connectivity index (χ0v) is 14.5. The molecule has 1 atom stereocenters. The first-order chi connectivity index (χ1) is 11.7. The maximum atomic E-state index is 13.0. The number of aliphatic hydroxyl groups excluding tert-OH is 1. The van der Waals surface area contributed by atoms with E-state index in [0.717, 1.165) is 51.3 Å². The molecule has 2 heterocycles. The maximum Gasteiger partial charge on any atom is 0.123 e. The van der Waals surface area contributed by atoms with Crippen LogP contribution in [-0.2, 0) is 0 Å². The van der Waals surface area contributed by atoms with Gasteiger partial charge >= 0.3 is 0 Å². The molecule has 2 aliphatic heterocycles. The summed E-state index contributed by atoms with van der Waals surface area (Å²) in [7, 11) is 0. The van der Waals surface area contributed by atoms with Gasteiger partial charge in [0.2, 0.25) is 0 Å². The van der Waals surface area contributed by atoms with Crippen LogP contribution in [0.15, 0.2) is 24.3 Å². The highest BCUT2D eigenvalue weighted by molar-refractivity contribution is 5.46. The summed E-state index contributed by atoms with van der Waals surface area (Å²) in [6.45, 7) is 6.70. The number of nitrogens with one attached hydrogen (secondary N) is 1. The second-order valence-electron chi connectivity index (χ2n) is 7.18. The summed E-state index contributed by atoms with van der Waals surface area (Å²) >= 11 is 0. The Hall–Kier alpha value is -1.17. The summed E-state index contributed by atoms with van der Waals surface area (Å²) in [5.41, 5.74) is 1.12. The molecule has 1 aromatic rings. The standard InChI is InChI=1S/C19H30FN3O/c20-17-3-5-19(6-4-17)23-11-7-18(8-12-23)21-9-13-22-10-1-2-16(14-22)15-24/h3-6,16,18,21,24H,1-2,7-15H2/t16-/m1/s1. The van der Waals surface area contributed by atoms with Crippen molar-refractivity contribution in [1.82, 2.24) is 10.2 Å². The van der Waals surface area contributed by atoms with E-state index in [0.29, 0.717) is 18.6 Å². The topological polar surface area (TPSA) is 38.7 Å². The molecule has 0 unspecified atom stereocenters. The second kappa shape index (κ2) is 8.79. The number of rotatable bonds is 6. The number of piperidine rings is 2. The summed E-state index contributed by atoms with van der Waals surface area (Å²) in [6.07, 6.45) is 4.65. The van der Waals surface area contributed by atoms with Gasteiger partial charge in [-0.25, -0.2) is 4.39 Å². The largest absolute Gasteiger partial charge is 0.396 e. The van der Waals surface area contributed by atoms with E-state index in [1.54, 1.807) is 0 Å². The van der Waals surface area contributed by atoms with Gasteiger partial charge in [0.25, 0.3) is 0 Å². The Morgan fingerprint density at radius 3 is 2.54 bits per heavy atom. The van der Waals surface area contributed by atoms with Gasteiger partial charge in [-0.15, -0.1) is 0 Å². The fourth-order valence-electron chi connectivity index (χ4n) is 3.92. The monoisotopic (exact) mass is 335 g/mol. The third kappa shape index (κ3) is 4.91. The minimum absolute atomic E-state index is 0.170. The molecule has 0 radical (unpaired) electrons. The molecule has 24 heavy (non-hydrogen) atoms. The van der Waals surface area contributed by atoms with Crippen LogP contribution in [0.25, 0.3) is 0 Å². The molecular formula is C19H30FN3O. The summed E-state index contributed by atoms with van der Waals surface area (Å²) < 4.78 is 13.0. The smallest absolute Gasteiger partial charge is 0.123 e. The van der Waals surface area contributed by atoms with Gasteiger partial charge in [0.15, 0.2) is 0 Å². The van der Waals surface area contributed by atoms with Crippen LogP contribution >= 0.6 is 0 Å². The lowest BCUT2D eigenvalue weighted by Gasteiger charge is -2.35. The third-order valence-corrected chi connectivity index (χ3v) is 5.41. The normalized spacial score (nSPS) is 23.6. The minimum Gasteiger partial charge on any atom is -0.396 e. The second-order valence-corrected chi connectivity index (χ2v) is 7.18. The Labute approximate surface area is 144 Å². The van der Waals surface area contributed by atoms with Crippen molar-refractivity contribution < 1.29 is 9.50 Å². The highest BCUT2D eigenvalue weighted by Gasteiger charge is 2.21. The van der Waals surface area contributed by atoms with Crippen molar-refractivity contribution in [1.29, 1.82) is 0 Å². The van der Waals surface area contributed by atoms with E-state index in [9.17, 15) is 9.50 Å². The summed E-state index contributed by atoms with van der Waals surface area (Å²) in [5.74, 6) is 0.300. The number of likely N-dealkylation sites (tertiary alicyclic amines) is 1. The van der Waals surface area contributed by atoms with Gasteiger partial charge in [0.1, 0.15) is 5.82 Å². The fraction of sp³-hybridized carbons (Fsp3) is 0.684. The molecule has 0 aromatic heterocycles. The lowest BCUT2D eigenvalue weighted by molar-refractivity contribution is 0.120. The number of hydrogen-bond acceptors (Lipinski definition) is 4. The number of benzene rings is 1. The van der Waals surface area contributed by atoms with Gasteiger partial charge in [0.05, 0.1) is 0 Å². The zero-order valence-electron chi connectivity index (χ0n) is 14.5. The Balaban J connectivity index is 1.34. The number of nitrogens with zero attached hydrogens (tertiary/aromatic N) is 2. The van der Waals surface area contributed by atoms with Crippen molar-refractivity contribution in [3.63, 3.8) is 0 Å². The molecule has 3 rings (SSSR count). The van der Waals surface area contributed by atoms with Crippen molar-refractivity contribution in [3.05, 3.63) is 30.1 Å². The van der Waals surface area contributed by atoms with E-state index in [-0.39, 0.29) is 5.82 Å². The number of anilines is 1. The van der Waals surface area contributed by atoms with Crippen LogP contribution in [0.4, 0.5) is 10.1 Å². The Morgan fingerprint density at radius 1 is 1.08 bits per heavy atom. The van der Waals surface area contributed by atoms with E-state index in [1.165, 1.54) is 31.5 Å². The first-order valence-corrected chi connectivity index (χ1v) is 9.31. The molecule has 0 aliphatic carbocycles. The van der Waals surface area contributed by atoms with Crippen LogP contribution in [-0.4, -0.2) is 61.9 Å². The molecular weight excluding hydrogens is 305 g/mol. The molecule has 134 valence electrons. The van der Waals surface area contributed by atoms with Crippen LogP contribution in [0.3, 0.4) is 0 Å². The Bertz CT molecular complexity index is 488.